The highest BCUT2D eigenvalue weighted by atomic mass is 31.0. The van der Waals surface area contributed by atoms with Crippen molar-refractivity contribution in [1.82, 2.24) is 4.34 Å². The molecule has 2 unspecified atom stereocenters. The van der Waals surface area contributed by atoms with Crippen LogP contribution in [0.15, 0.2) is 18.7 Å². The summed E-state index contributed by atoms with van der Waals surface area (Å²) in [6.07, 6.45) is 7.57. The molecule has 0 N–H and O–H groups in total. The van der Waals surface area contributed by atoms with Crippen LogP contribution in [-0.2, 0) is 0 Å². The van der Waals surface area contributed by atoms with Crippen LogP contribution in [-0.4, -0.2) is 4.34 Å². The van der Waals surface area contributed by atoms with E-state index in [1.807, 2.05) is 4.34 Å². The van der Waals surface area contributed by atoms with E-state index < -0.39 is 0 Å². The fourth-order valence-corrected chi connectivity index (χ4v) is 2.24. The van der Waals surface area contributed by atoms with Crippen LogP contribution < -0.4 is 4.57 Å². The molecule has 3 heteroatoms. The van der Waals surface area contributed by atoms with Crippen molar-refractivity contribution in [1.29, 1.82) is 0 Å². The summed E-state index contributed by atoms with van der Waals surface area (Å²) in [6, 6.07) is 0.536. The van der Waals surface area contributed by atoms with Crippen LogP contribution >= 0.6 is 9.39 Å². The van der Waals surface area contributed by atoms with Gasteiger partial charge in [-0.1, -0.05) is 41.5 Å². The molecule has 0 amide bonds. The monoisotopic (exact) mass is 241 g/mol. The summed E-state index contributed by atoms with van der Waals surface area (Å²) in [5.74, 6) is 0. The smallest absolute Gasteiger partial charge is 0.233 e. The number of hydrogen-bond acceptors (Lipinski definition) is 0. The lowest BCUT2D eigenvalue weighted by Crippen LogP contribution is -2.46. The maximum atomic E-state index is 2.68. The largest absolute Gasteiger partial charge is 0.245 e. The van der Waals surface area contributed by atoms with E-state index in [1.54, 1.807) is 0 Å². The standard InChI is InChI=1S/C13H26N2P/c1-12(2,3)9-11(13(4,5)6)14-7-8-15(16)10-14/h7-8,10-11H,9,16H2,1-6H3/q+1. The third-order valence-electron chi connectivity index (χ3n) is 2.84. The number of aromatic nitrogens is 2. The Morgan fingerprint density at radius 3 is 2.06 bits per heavy atom. The summed E-state index contributed by atoms with van der Waals surface area (Å²) in [5, 5.41) is 0. The van der Waals surface area contributed by atoms with E-state index in [0.717, 1.165) is 0 Å². The third-order valence-corrected chi connectivity index (χ3v) is 3.15. The molecule has 1 aromatic heterocycles. The molecule has 0 fully saturated rings. The summed E-state index contributed by atoms with van der Waals surface area (Å²) in [7, 11) is 2.68. The molecule has 0 radical (unpaired) electrons. The van der Waals surface area contributed by atoms with Crippen LogP contribution in [0.25, 0.3) is 0 Å². The summed E-state index contributed by atoms with van der Waals surface area (Å²) < 4.78 is 4.36. The van der Waals surface area contributed by atoms with Gasteiger partial charge in [0.25, 0.3) is 0 Å². The topological polar surface area (TPSA) is 8.81 Å². The molecule has 0 saturated heterocycles. The van der Waals surface area contributed by atoms with Crippen molar-refractivity contribution in [3.63, 3.8) is 0 Å². The van der Waals surface area contributed by atoms with Gasteiger partial charge >= 0.3 is 0 Å². The fourth-order valence-electron chi connectivity index (χ4n) is 2.01. The SMILES string of the molecule is CC(C)(C)CC([n+]1ccn(P)c1)C(C)(C)C. The van der Waals surface area contributed by atoms with E-state index in [-0.39, 0.29) is 5.41 Å². The molecule has 0 aliphatic rings. The summed E-state index contributed by atoms with van der Waals surface area (Å²) in [4.78, 5) is 0. The van der Waals surface area contributed by atoms with E-state index in [1.165, 1.54) is 6.42 Å². The molecule has 0 aromatic carbocycles. The second kappa shape index (κ2) is 4.49. The zero-order valence-corrected chi connectivity index (χ0v) is 12.6. The van der Waals surface area contributed by atoms with E-state index in [2.05, 4.69) is 74.2 Å². The van der Waals surface area contributed by atoms with Gasteiger partial charge in [-0.2, -0.15) is 0 Å². The average molecular weight is 241 g/mol. The van der Waals surface area contributed by atoms with Crippen LogP contribution in [0.3, 0.4) is 0 Å². The van der Waals surface area contributed by atoms with Crippen molar-refractivity contribution in [3.8, 4) is 0 Å². The van der Waals surface area contributed by atoms with Gasteiger partial charge in [0.05, 0.1) is 9.39 Å². The number of nitrogens with zero attached hydrogens (tertiary/aromatic N) is 2. The highest BCUT2D eigenvalue weighted by molar-refractivity contribution is 7.14. The second-order valence-electron chi connectivity index (χ2n) is 6.95. The third kappa shape index (κ3) is 3.90. The molecule has 0 aliphatic carbocycles. The van der Waals surface area contributed by atoms with E-state index in [9.17, 15) is 0 Å². The Bertz CT molecular complexity index is 342. The minimum absolute atomic E-state index is 0.282. The number of hydrogen-bond donors (Lipinski definition) is 0. The van der Waals surface area contributed by atoms with Gasteiger partial charge in [0, 0.05) is 5.41 Å². The van der Waals surface area contributed by atoms with Crippen LogP contribution in [0.5, 0.6) is 0 Å². The summed E-state index contributed by atoms with van der Waals surface area (Å²) in [6.45, 7) is 13.9. The molecule has 0 spiro atoms. The van der Waals surface area contributed by atoms with Crippen LogP contribution in [0, 0.1) is 10.8 Å². The molecular weight excluding hydrogens is 215 g/mol. The van der Waals surface area contributed by atoms with Crippen molar-refractivity contribution < 1.29 is 4.57 Å². The van der Waals surface area contributed by atoms with Gasteiger partial charge in [-0.15, -0.1) is 0 Å². The maximum Gasteiger partial charge on any atom is 0.245 e. The summed E-state index contributed by atoms with van der Waals surface area (Å²) >= 11 is 0. The molecule has 0 bridgehead atoms. The minimum atomic E-state index is 0.282. The molecular formula is C13H26N2P+. The molecule has 2 atom stereocenters. The first kappa shape index (κ1) is 13.7. The first-order valence-electron chi connectivity index (χ1n) is 5.93. The first-order valence-corrected chi connectivity index (χ1v) is 6.45. The van der Waals surface area contributed by atoms with Crippen molar-refractivity contribution in [2.24, 2.45) is 10.8 Å². The Balaban J connectivity index is 2.98. The molecule has 1 aromatic rings. The maximum absolute atomic E-state index is 2.68. The minimum Gasteiger partial charge on any atom is -0.233 e. The van der Waals surface area contributed by atoms with Crippen LogP contribution in [0.2, 0.25) is 0 Å². The lowest BCUT2D eigenvalue weighted by molar-refractivity contribution is -0.737. The van der Waals surface area contributed by atoms with E-state index >= 15 is 0 Å². The van der Waals surface area contributed by atoms with Crippen molar-refractivity contribution in [3.05, 3.63) is 18.7 Å². The van der Waals surface area contributed by atoms with Crippen molar-refractivity contribution in [2.45, 2.75) is 54.0 Å². The predicted octanol–water partition coefficient (Wildman–Crippen LogP) is 3.44. The Morgan fingerprint density at radius 2 is 1.75 bits per heavy atom. The number of rotatable bonds is 2. The first-order chi connectivity index (χ1) is 7.09. The molecule has 0 aliphatic heterocycles. The van der Waals surface area contributed by atoms with Crippen LogP contribution in [0.1, 0.15) is 54.0 Å². The van der Waals surface area contributed by atoms with Gasteiger partial charge < -0.3 is 0 Å². The van der Waals surface area contributed by atoms with Crippen molar-refractivity contribution >= 4 is 9.39 Å². The molecule has 1 heterocycles. The molecule has 92 valence electrons. The van der Waals surface area contributed by atoms with Gasteiger partial charge in [-0.05, 0) is 11.8 Å². The number of imidazole rings is 1. The fraction of sp³-hybridized carbons (Fsp3) is 0.769. The second-order valence-corrected chi connectivity index (χ2v) is 7.55. The molecule has 16 heavy (non-hydrogen) atoms. The zero-order valence-electron chi connectivity index (χ0n) is 11.5. The average Bonchev–Trinajstić information content (AvgIpc) is 2.43. The van der Waals surface area contributed by atoms with Gasteiger partial charge in [0.15, 0.2) is 0 Å². The molecule has 2 nitrogen and oxygen atoms in total. The van der Waals surface area contributed by atoms with Gasteiger partial charge in [-0.25, -0.2) is 8.90 Å². The highest BCUT2D eigenvalue weighted by Crippen LogP contribution is 2.36. The van der Waals surface area contributed by atoms with E-state index in [4.69, 9.17) is 0 Å². The Hall–Kier alpha value is -0.360. The van der Waals surface area contributed by atoms with Crippen molar-refractivity contribution in [2.75, 3.05) is 0 Å². The Morgan fingerprint density at radius 1 is 1.19 bits per heavy atom. The van der Waals surface area contributed by atoms with Gasteiger partial charge in [0.1, 0.15) is 18.4 Å². The predicted molar refractivity (Wildman–Crippen MR) is 72.3 cm³/mol. The molecule has 0 saturated carbocycles. The zero-order chi connectivity index (χ0) is 12.6. The lowest BCUT2D eigenvalue weighted by Gasteiger charge is -2.33. The summed E-state index contributed by atoms with van der Waals surface area (Å²) in [5.41, 5.74) is 0.637. The quantitative estimate of drug-likeness (QED) is 0.554. The Kier molecular flexibility index (Phi) is 3.84. The highest BCUT2D eigenvalue weighted by Gasteiger charge is 2.33. The Labute approximate surface area is 102 Å². The molecule has 1 rings (SSSR count). The normalized spacial score (nSPS) is 15.2. The van der Waals surface area contributed by atoms with E-state index in [0.29, 0.717) is 11.5 Å². The lowest BCUT2D eigenvalue weighted by atomic mass is 9.77. The van der Waals surface area contributed by atoms with Crippen LogP contribution in [0.4, 0.5) is 0 Å². The van der Waals surface area contributed by atoms with Gasteiger partial charge in [-0.3, -0.25) is 0 Å². The van der Waals surface area contributed by atoms with Gasteiger partial charge in [0.2, 0.25) is 6.33 Å².